The monoisotopic (exact) mass is 227 g/mol. The van der Waals surface area contributed by atoms with Crippen LogP contribution in [0, 0.1) is 0 Å². The molecule has 4 heteroatoms. The summed E-state index contributed by atoms with van der Waals surface area (Å²) in [5.41, 5.74) is 6.78. The van der Waals surface area contributed by atoms with Crippen molar-refractivity contribution in [2.75, 3.05) is 13.2 Å². The van der Waals surface area contributed by atoms with Gasteiger partial charge in [0.15, 0.2) is 0 Å². The second-order valence-corrected chi connectivity index (χ2v) is 3.97. The lowest BCUT2D eigenvalue weighted by Crippen LogP contribution is -2.43. The van der Waals surface area contributed by atoms with Crippen LogP contribution in [-0.2, 0) is 6.42 Å². The van der Waals surface area contributed by atoms with Gasteiger partial charge in [0.2, 0.25) is 0 Å². The lowest BCUT2D eigenvalue weighted by atomic mass is 9.86. The van der Waals surface area contributed by atoms with E-state index in [0.29, 0.717) is 19.3 Å². The van der Waals surface area contributed by atoms with E-state index in [1.54, 1.807) is 0 Å². The van der Waals surface area contributed by atoms with Crippen LogP contribution in [0.3, 0.4) is 0 Å². The first-order valence-corrected chi connectivity index (χ1v) is 5.25. The van der Waals surface area contributed by atoms with Crippen molar-refractivity contribution in [1.82, 2.24) is 0 Å². The third-order valence-electron chi connectivity index (χ3n) is 2.62. The molecule has 1 aromatic carbocycles. The Morgan fingerprint density at radius 2 is 1.50 bits per heavy atom. The molecule has 0 aliphatic carbocycles. The van der Waals surface area contributed by atoms with Gasteiger partial charge in [-0.2, -0.15) is 0 Å². The van der Waals surface area contributed by atoms with Gasteiger partial charge >= 0.3 is 0 Å². The van der Waals surface area contributed by atoms with Crippen molar-refractivity contribution in [1.29, 1.82) is 0 Å². The van der Waals surface area contributed by atoms with Gasteiger partial charge in [0.05, 0.1) is 0 Å². The predicted octanol–water partition coefficient (Wildman–Crippen LogP) is -0.133. The van der Waals surface area contributed by atoms with E-state index >= 15 is 0 Å². The average molecular weight is 227 g/mol. The Kier molecular flexibility index (Phi) is 6.92. The van der Waals surface area contributed by atoms with Gasteiger partial charge < -0.3 is 21.4 Å². The van der Waals surface area contributed by atoms with E-state index in [0.717, 1.165) is 5.56 Å². The molecule has 4 nitrogen and oxygen atoms in total. The molecule has 0 spiro atoms. The highest BCUT2D eigenvalue weighted by Crippen LogP contribution is 2.18. The van der Waals surface area contributed by atoms with Crippen molar-refractivity contribution in [3.8, 4) is 0 Å². The quantitative estimate of drug-likeness (QED) is 0.631. The summed E-state index contributed by atoms with van der Waals surface area (Å²) in [6.45, 7) is 0.118. The van der Waals surface area contributed by atoms with Crippen LogP contribution < -0.4 is 5.73 Å². The molecule has 0 bridgehead atoms. The first-order valence-electron chi connectivity index (χ1n) is 5.25. The van der Waals surface area contributed by atoms with Crippen LogP contribution in [0.25, 0.3) is 0 Å². The fourth-order valence-corrected chi connectivity index (χ4v) is 1.75. The van der Waals surface area contributed by atoms with Crippen LogP contribution in [0.2, 0.25) is 0 Å². The third kappa shape index (κ3) is 4.72. The van der Waals surface area contributed by atoms with Gasteiger partial charge in [-0.05, 0) is 24.8 Å². The molecule has 0 heterocycles. The fraction of sp³-hybridized carbons (Fsp3) is 0.500. The normalized spacial score (nSPS) is 10.9. The van der Waals surface area contributed by atoms with Crippen LogP contribution in [-0.4, -0.2) is 34.4 Å². The molecule has 92 valence electrons. The second kappa shape index (κ2) is 7.35. The largest absolute Gasteiger partial charge is 0.412 e. The molecule has 1 rings (SSSR count). The maximum Gasteiger partial charge on any atom is 0.0448 e. The Hall–Kier alpha value is -0.940. The molecule has 6 N–H and O–H groups in total. The van der Waals surface area contributed by atoms with Crippen molar-refractivity contribution in [2.24, 2.45) is 5.73 Å². The summed E-state index contributed by atoms with van der Waals surface area (Å²) in [5, 5.41) is 17.9. The molecule has 1 aromatic rings. The summed E-state index contributed by atoms with van der Waals surface area (Å²) in [4.78, 5) is 0. The Labute approximate surface area is 96.0 Å². The van der Waals surface area contributed by atoms with E-state index in [4.69, 9.17) is 15.9 Å². The van der Waals surface area contributed by atoms with Gasteiger partial charge in [-0.25, -0.2) is 0 Å². The number of hydrogen-bond acceptors (Lipinski definition) is 3. The van der Waals surface area contributed by atoms with Gasteiger partial charge in [0, 0.05) is 18.8 Å². The van der Waals surface area contributed by atoms with Crippen molar-refractivity contribution in [2.45, 2.75) is 24.8 Å². The van der Waals surface area contributed by atoms with E-state index in [2.05, 4.69) is 0 Å². The second-order valence-electron chi connectivity index (χ2n) is 3.97. The number of nitrogens with two attached hydrogens (primary N) is 1. The van der Waals surface area contributed by atoms with Crippen molar-refractivity contribution >= 4 is 0 Å². The van der Waals surface area contributed by atoms with Crippen molar-refractivity contribution in [3.63, 3.8) is 0 Å². The van der Waals surface area contributed by atoms with Crippen LogP contribution in [0.1, 0.15) is 18.4 Å². The predicted molar refractivity (Wildman–Crippen MR) is 64.1 cm³/mol. The van der Waals surface area contributed by atoms with Gasteiger partial charge in [0.25, 0.3) is 0 Å². The Bertz CT molecular complexity index is 271. The minimum atomic E-state index is -0.495. The molecular weight excluding hydrogens is 206 g/mol. The first kappa shape index (κ1) is 15.1. The fourth-order valence-electron chi connectivity index (χ4n) is 1.75. The molecule has 0 unspecified atom stereocenters. The summed E-state index contributed by atoms with van der Waals surface area (Å²) < 4.78 is 0. The molecule has 0 radical (unpaired) electrons. The summed E-state index contributed by atoms with van der Waals surface area (Å²) in [6.07, 6.45) is 1.72. The molecule has 0 saturated heterocycles. The lowest BCUT2D eigenvalue weighted by Gasteiger charge is -2.28. The molecule has 0 saturated carbocycles. The highest BCUT2D eigenvalue weighted by molar-refractivity contribution is 5.17. The number of aliphatic hydroxyl groups is 2. The highest BCUT2D eigenvalue weighted by Gasteiger charge is 2.23. The summed E-state index contributed by atoms with van der Waals surface area (Å²) in [6, 6.07) is 9.91. The van der Waals surface area contributed by atoms with Gasteiger partial charge in [-0.15, -0.1) is 0 Å². The molecular formula is C12H21NO3. The maximum atomic E-state index is 8.94. The number of hydrogen-bond donors (Lipinski definition) is 3. The van der Waals surface area contributed by atoms with E-state index in [1.165, 1.54) is 0 Å². The van der Waals surface area contributed by atoms with E-state index in [9.17, 15) is 0 Å². The molecule has 16 heavy (non-hydrogen) atoms. The van der Waals surface area contributed by atoms with E-state index < -0.39 is 5.54 Å². The molecule has 0 aliphatic rings. The average Bonchev–Trinajstić information content (AvgIpc) is 2.19. The minimum absolute atomic E-state index is 0. The van der Waals surface area contributed by atoms with Crippen LogP contribution in [0.5, 0.6) is 0 Å². The summed E-state index contributed by atoms with van der Waals surface area (Å²) >= 11 is 0. The molecule has 0 atom stereocenters. The van der Waals surface area contributed by atoms with Gasteiger partial charge in [-0.3, -0.25) is 0 Å². The van der Waals surface area contributed by atoms with Gasteiger partial charge in [-0.1, -0.05) is 30.3 Å². The van der Waals surface area contributed by atoms with Crippen LogP contribution in [0.4, 0.5) is 0 Å². The molecule has 0 aliphatic heterocycles. The zero-order valence-corrected chi connectivity index (χ0v) is 9.39. The summed E-state index contributed by atoms with van der Waals surface area (Å²) in [7, 11) is 0. The van der Waals surface area contributed by atoms with E-state index in [-0.39, 0.29) is 18.7 Å². The molecule has 0 fully saturated rings. The molecule has 0 aromatic heterocycles. The van der Waals surface area contributed by atoms with Crippen LogP contribution >= 0.6 is 0 Å². The van der Waals surface area contributed by atoms with E-state index in [1.807, 2.05) is 30.3 Å². The standard InChI is InChI=1S/C12H19NO2.H2O/c13-12(6-8-14,7-9-15)10-11-4-2-1-3-5-11;/h1-5,14-15H,6-10,13H2;1H2. The third-order valence-corrected chi connectivity index (χ3v) is 2.62. The smallest absolute Gasteiger partial charge is 0.0448 e. The lowest BCUT2D eigenvalue weighted by molar-refractivity contribution is 0.192. The Morgan fingerprint density at radius 1 is 1.00 bits per heavy atom. The van der Waals surface area contributed by atoms with Gasteiger partial charge in [0.1, 0.15) is 0 Å². The zero-order chi connectivity index (χ0) is 11.1. The minimum Gasteiger partial charge on any atom is -0.412 e. The number of benzene rings is 1. The topological polar surface area (TPSA) is 98.0 Å². The highest BCUT2D eigenvalue weighted by atomic mass is 16.3. The summed E-state index contributed by atoms with van der Waals surface area (Å²) in [5.74, 6) is 0. The van der Waals surface area contributed by atoms with Crippen LogP contribution in [0.15, 0.2) is 30.3 Å². The van der Waals surface area contributed by atoms with Crippen molar-refractivity contribution in [3.05, 3.63) is 35.9 Å². The SMILES string of the molecule is NC(CCO)(CCO)Cc1ccccc1.O. The zero-order valence-electron chi connectivity index (χ0n) is 9.39. The number of aliphatic hydroxyl groups excluding tert-OH is 2. The number of rotatable bonds is 6. The van der Waals surface area contributed by atoms with Crippen molar-refractivity contribution < 1.29 is 15.7 Å². The Balaban J connectivity index is 0.00000225. The maximum absolute atomic E-state index is 8.94. The molecule has 0 amide bonds. The first-order chi connectivity index (χ1) is 7.20. The Morgan fingerprint density at radius 3 is 1.94 bits per heavy atom.